The fourth-order valence-corrected chi connectivity index (χ4v) is 1.62. The summed E-state index contributed by atoms with van der Waals surface area (Å²) in [5.74, 6) is -0.133. The molecule has 8 heteroatoms. The molecule has 0 saturated heterocycles. The van der Waals surface area contributed by atoms with Gasteiger partial charge in [0.2, 0.25) is 5.75 Å². The maximum Gasteiger partial charge on any atom is 0.416 e. The van der Waals surface area contributed by atoms with Crippen LogP contribution < -0.4 is 4.74 Å². The van der Waals surface area contributed by atoms with E-state index in [9.17, 15) is 23.3 Å². The summed E-state index contributed by atoms with van der Waals surface area (Å²) in [7, 11) is 0. The first kappa shape index (κ1) is 15.1. The van der Waals surface area contributed by atoms with E-state index in [4.69, 9.17) is 16.3 Å². The molecule has 4 nitrogen and oxygen atoms in total. The Kier molecular flexibility index (Phi) is 4.04. The first-order valence-corrected chi connectivity index (χ1v) is 5.86. The second-order valence-corrected chi connectivity index (χ2v) is 4.32. The summed E-state index contributed by atoms with van der Waals surface area (Å²) in [6, 6.07) is 8.81. The summed E-state index contributed by atoms with van der Waals surface area (Å²) in [5, 5.41) is 11.2. The van der Waals surface area contributed by atoms with Crippen molar-refractivity contribution in [3.63, 3.8) is 0 Å². The molecule has 0 N–H and O–H groups in total. The van der Waals surface area contributed by atoms with E-state index in [1.165, 1.54) is 18.2 Å². The lowest BCUT2D eigenvalue weighted by Gasteiger charge is -2.09. The molecule has 0 heterocycles. The van der Waals surface area contributed by atoms with Crippen molar-refractivity contribution < 1.29 is 22.8 Å². The number of nitro benzene ring substituents is 1. The van der Waals surface area contributed by atoms with Gasteiger partial charge in [-0.25, -0.2) is 0 Å². The smallest absolute Gasteiger partial charge is 0.416 e. The molecule has 0 spiro atoms. The molecule has 0 aromatic heterocycles. The zero-order valence-electron chi connectivity index (χ0n) is 10.1. The molecule has 0 saturated carbocycles. The lowest BCUT2D eigenvalue weighted by atomic mass is 10.2. The normalized spacial score (nSPS) is 11.2. The Balaban J connectivity index is 2.39. The van der Waals surface area contributed by atoms with Crippen molar-refractivity contribution in [2.45, 2.75) is 6.18 Å². The molecule has 0 aliphatic heterocycles. The van der Waals surface area contributed by atoms with Crippen molar-refractivity contribution >= 4 is 17.3 Å². The number of ether oxygens (including phenoxy) is 1. The third kappa shape index (κ3) is 3.63. The van der Waals surface area contributed by atoms with Crippen LogP contribution in [0.15, 0.2) is 36.4 Å². The van der Waals surface area contributed by atoms with Crippen LogP contribution in [0.2, 0.25) is 5.02 Å². The van der Waals surface area contributed by atoms with Crippen molar-refractivity contribution in [3.05, 3.63) is 63.2 Å². The molecule has 109 valence electrons. The average Bonchev–Trinajstić information content (AvgIpc) is 2.40. The van der Waals surface area contributed by atoms with Gasteiger partial charge in [0, 0.05) is 17.2 Å². The minimum Gasteiger partial charge on any atom is -0.450 e. The van der Waals surface area contributed by atoms with Crippen molar-refractivity contribution in [2.24, 2.45) is 0 Å². The molecule has 0 aliphatic carbocycles. The monoisotopic (exact) mass is 316 g/mol. The standard InChI is InChI=1S/C13H6ClF3NO3/c14-9-2-4-10(5-3-9)21-12-6-1-8(13(15,16)17)7-11(12)18(19)20/h1-2,4-7H. The zero-order chi connectivity index (χ0) is 15.6. The average molecular weight is 317 g/mol. The molecule has 0 fully saturated rings. The summed E-state index contributed by atoms with van der Waals surface area (Å²) < 4.78 is 42.8. The molecule has 0 bridgehead atoms. The van der Waals surface area contributed by atoms with E-state index in [0.717, 1.165) is 6.07 Å². The van der Waals surface area contributed by atoms with Crippen molar-refractivity contribution in [1.29, 1.82) is 0 Å². The van der Waals surface area contributed by atoms with Crippen molar-refractivity contribution in [2.75, 3.05) is 0 Å². The Morgan fingerprint density at radius 3 is 2.48 bits per heavy atom. The highest BCUT2D eigenvalue weighted by atomic mass is 35.5. The van der Waals surface area contributed by atoms with E-state index in [2.05, 4.69) is 6.07 Å². The van der Waals surface area contributed by atoms with Crippen LogP contribution in [0, 0.1) is 16.2 Å². The first-order chi connectivity index (χ1) is 9.77. The number of halogens is 4. The van der Waals surface area contributed by atoms with E-state index in [1.54, 1.807) is 0 Å². The van der Waals surface area contributed by atoms with Crippen LogP contribution in [-0.2, 0) is 6.18 Å². The maximum absolute atomic E-state index is 12.6. The highest BCUT2D eigenvalue weighted by molar-refractivity contribution is 6.30. The minimum absolute atomic E-state index is 0.169. The van der Waals surface area contributed by atoms with Crippen LogP contribution in [0.3, 0.4) is 0 Å². The highest BCUT2D eigenvalue weighted by Crippen LogP contribution is 2.37. The third-order valence-electron chi connectivity index (χ3n) is 2.46. The Bertz CT molecular complexity index is 671. The molecule has 0 unspecified atom stereocenters. The topological polar surface area (TPSA) is 52.4 Å². The molecular formula is C13H6ClF3NO3. The lowest BCUT2D eigenvalue weighted by molar-refractivity contribution is -0.385. The second-order valence-electron chi connectivity index (χ2n) is 3.91. The molecule has 2 rings (SSSR count). The van der Waals surface area contributed by atoms with Gasteiger partial charge in [0.1, 0.15) is 5.75 Å². The quantitative estimate of drug-likeness (QED) is 0.600. The van der Waals surface area contributed by atoms with Crippen LogP contribution in [0.5, 0.6) is 11.5 Å². The van der Waals surface area contributed by atoms with Gasteiger partial charge in [-0.3, -0.25) is 10.1 Å². The van der Waals surface area contributed by atoms with Gasteiger partial charge in [-0.15, -0.1) is 0 Å². The molecular weight excluding hydrogens is 311 g/mol. The summed E-state index contributed by atoms with van der Waals surface area (Å²) >= 11 is 5.62. The van der Waals surface area contributed by atoms with E-state index < -0.39 is 22.4 Å². The van der Waals surface area contributed by atoms with Crippen LogP contribution >= 0.6 is 11.6 Å². The first-order valence-electron chi connectivity index (χ1n) is 5.48. The van der Waals surface area contributed by atoms with Gasteiger partial charge in [0.05, 0.1) is 10.5 Å². The minimum atomic E-state index is -4.67. The molecule has 1 radical (unpaired) electrons. The summed E-state index contributed by atoms with van der Waals surface area (Å²) in [4.78, 5) is 9.93. The number of hydrogen-bond acceptors (Lipinski definition) is 3. The zero-order valence-corrected chi connectivity index (χ0v) is 10.9. The summed E-state index contributed by atoms with van der Waals surface area (Å²) in [6.07, 6.45) is -4.67. The largest absolute Gasteiger partial charge is 0.450 e. The number of nitro groups is 1. The second kappa shape index (κ2) is 5.61. The number of alkyl halides is 3. The Morgan fingerprint density at radius 2 is 1.95 bits per heavy atom. The van der Waals surface area contributed by atoms with Gasteiger partial charge in [0.25, 0.3) is 0 Å². The van der Waals surface area contributed by atoms with E-state index in [1.807, 2.05) is 0 Å². The number of benzene rings is 2. The number of hydrogen-bond donors (Lipinski definition) is 0. The van der Waals surface area contributed by atoms with Gasteiger partial charge in [-0.05, 0) is 30.3 Å². The highest BCUT2D eigenvalue weighted by Gasteiger charge is 2.33. The summed E-state index contributed by atoms with van der Waals surface area (Å²) in [5.41, 5.74) is -1.90. The van der Waals surface area contributed by atoms with Gasteiger partial charge >= 0.3 is 11.9 Å². The number of rotatable bonds is 3. The Morgan fingerprint density at radius 1 is 1.24 bits per heavy atom. The fourth-order valence-electron chi connectivity index (χ4n) is 1.50. The lowest BCUT2D eigenvalue weighted by Crippen LogP contribution is -2.06. The Hall–Kier alpha value is -2.28. The van der Waals surface area contributed by atoms with E-state index >= 15 is 0 Å². The third-order valence-corrected chi connectivity index (χ3v) is 2.69. The van der Waals surface area contributed by atoms with Gasteiger partial charge < -0.3 is 4.74 Å². The van der Waals surface area contributed by atoms with Crippen LogP contribution in [0.1, 0.15) is 5.56 Å². The van der Waals surface area contributed by atoms with Crippen molar-refractivity contribution in [3.8, 4) is 11.5 Å². The van der Waals surface area contributed by atoms with Crippen LogP contribution in [0.25, 0.3) is 0 Å². The van der Waals surface area contributed by atoms with Gasteiger partial charge in [0.15, 0.2) is 0 Å². The van der Waals surface area contributed by atoms with Gasteiger partial charge in [-0.1, -0.05) is 11.6 Å². The Labute approximate surface area is 121 Å². The molecule has 21 heavy (non-hydrogen) atoms. The van der Waals surface area contributed by atoms with Crippen LogP contribution in [-0.4, -0.2) is 4.92 Å². The predicted octanol–water partition coefficient (Wildman–Crippen LogP) is 4.86. The van der Waals surface area contributed by atoms with Crippen molar-refractivity contribution in [1.82, 2.24) is 0 Å². The molecule has 0 amide bonds. The predicted molar refractivity (Wildman–Crippen MR) is 68.5 cm³/mol. The van der Waals surface area contributed by atoms with Crippen LogP contribution in [0.4, 0.5) is 18.9 Å². The molecule has 2 aromatic carbocycles. The van der Waals surface area contributed by atoms with E-state index in [-0.39, 0.29) is 11.5 Å². The van der Waals surface area contributed by atoms with Gasteiger partial charge in [-0.2, -0.15) is 13.2 Å². The summed E-state index contributed by atoms with van der Waals surface area (Å²) in [6.45, 7) is 0. The SMILES string of the molecule is O=[N+]([O-])c1cc(C(F)(F)F)ccc1Oc1c[c]c(Cl)cc1. The molecule has 2 aromatic rings. The van der Waals surface area contributed by atoms with E-state index in [0.29, 0.717) is 17.2 Å². The molecule has 0 aliphatic rings. The number of nitrogens with zero attached hydrogens (tertiary/aromatic N) is 1. The fraction of sp³-hybridized carbons (Fsp3) is 0.0769. The maximum atomic E-state index is 12.6. The molecule has 0 atom stereocenters.